The van der Waals surface area contributed by atoms with Crippen LogP contribution in [0, 0.1) is 0 Å². The number of hydrogen-bond acceptors (Lipinski definition) is 6. The van der Waals surface area contributed by atoms with Crippen LogP contribution in [0.1, 0.15) is 18.4 Å². The predicted molar refractivity (Wildman–Crippen MR) is 118 cm³/mol. The topological polar surface area (TPSA) is 94.7 Å². The number of H-pyrrole nitrogens is 2. The lowest BCUT2D eigenvalue weighted by Crippen LogP contribution is -2.41. The Morgan fingerprint density at radius 3 is 2.90 bits per heavy atom. The first-order valence-corrected chi connectivity index (χ1v) is 10.3. The van der Waals surface area contributed by atoms with Crippen LogP contribution in [-0.2, 0) is 6.54 Å². The highest BCUT2D eigenvalue weighted by molar-refractivity contribution is 5.95. The monoisotopic (exact) mass is 411 g/mol. The van der Waals surface area contributed by atoms with Crippen molar-refractivity contribution in [1.29, 1.82) is 0 Å². The van der Waals surface area contributed by atoms with Gasteiger partial charge in [0.2, 0.25) is 0 Å². The van der Waals surface area contributed by atoms with E-state index in [2.05, 4.69) is 36.6 Å². The van der Waals surface area contributed by atoms with Crippen LogP contribution in [-0.4, -0.2) is 36.0 Å². The van der Waals surface area contributed by atoms with E-state index in [1.807, 2.05) is 49.1 Å². The lowest BCUT2D eigenvalue weighted by molar-refractivity contribution is -0.00887. The van der Waals surface area contributed by atoms with E-state index in [4.69, 9.17) is 9.82 Å². The summed E-state index contributed by atoms with van der Waals surface area (Å²) in [4.78, 5) is 25.7. The summed E-state index contributed by atoms with van der Waals surface area (Å²) < 4.78 is 0. The maximum absolute atomic E-state index is 5.97. The smallest absolute Gasteiger partial charge is 0.175 e. The van der Waals surface area contributed by atoms with Gasteiger partial charge in [-0.05, 0) is 42.7 Å². The van der Waals surface area contributed by atoms with Gasteiger partial charge < -0.3 is 14.8 Å². The third-order valence-electron chi connectivity index (χ3n) is 5.60. The Bertz CT molecular complexity index is 1340. The Balaban J connectivity index is 1.23. The lowest BCUT2D eigenvalue weighted by Gasteiger charge is -2.22. The standard InChI is InChI=1S/C23H21N7O/c1-2-15(11-24-7-1)14-30(16-3-4-16)29-31-22-13-28-21-10-20(27-12-19(21)22)17-5-8-25-23-18(17)6-9-26-23/h1-2,5-13,16,28-29H,3-4,14H2,(H,25,26). The molecule has 5 heterocycles. The van der Waals surface area contributed by atoms with Crippen molar-refractivity contribution in [3.05, 3.63) is 73.1 Å². The van der Waals surface area contributed by atoms with Crippen LogP contribution in [0.2, 0.25) is 0 Å². The van der Waals surface area contributed by atoms with Crippen molar-refractivity contribution in [1.82, 2.24) is 35.5 Å². The van der Waals surface area contributed by atoms with E-state index >= 15 is 0 Å². The summed E-state index contributed by atoms with van der Waals surface area (Å²) in [6.07, 6.45) is 13.4. The van der Waals surface area contributed by atoms with Gasteiger partial charge in [-0.3, -0.25) is 9.97 Å². The molecular weight excluding hydrogens is 390 g/mol. The molecule has 6 rings (SSSR count). The normalized spacial score (nSPS) is 14.0. The van der Waals surface area contributed by atoms with E-state index in [0.717, 1.165) is 58.1 Å². The van der Waals surface area contributed by atoms with Gasteiger partial charge in [-0.25, -0.2) is 9.99 Å². The molecule has 3 N–H and O–H groups in total. The maximum Gasteiger partial charge on any atom is 0.175 e. The number of fused-ring (bicyclic) bond motifs is 2. The minimum absolute atomic E-state index is 0.477. The van der Waals surface area contributed by atoms with Gasteiger partial charge in [0.25, 0.3) is 0 Å². The Morgan fingerprint density at radius 2 is 2.03 bits per heavy atom. The first-order chi connectivity index (χ1) is 15.3. The zero-order valence-electron chi connectivity index (χ0n) is 16.7. The van der Waals surface area contributed by atoms with E-state index < -0.39 is 0 Å². The molecule has 0 amide bonds. The zero-order chi connectivity index (χ0) is 20.6. The molecule has 0 radical (unpaired) electrons. The molecule has 5 aromatic rings. The summed E-state index contributed by atoms with van der Waals surface area (Å²) in [6.45, 7) is 0.734. The second-order valence-corrected chi connectivity index (χ2v) is 7.78. The summed E-state index contributed by atoms with van der Waals surface area (Å²) in [7, 11) is 0. The third-order valence-corrected chi connectivity index (χ3v) is 5.60. The summed E-state index contributed by atoms with van der Waals surface area (Å²) in [5, 5.41) is 4.10. The molecular formula is C23H21N7O. The minimum atomic E-state index is 0.477. The van der Waals surface area contributed by atoms with Crippen LogP contribution < -0.4 is 10.4 Å². The molecule has 0 bridgehead atoms. The average Bonchev–Trinajstić information content (AvgIpc) is 3.40. The molecule has 0 unspecified atom stereocenters. The van der Waals surface area contributed by atoms with Crippen LogP contribution in [0.15, 0.2) is 67.5 Å². The fraction of sp³-hybridized carbons (Fsp3) is 0.174. The fourth-order valence-corrected chi connectivity index (χ4v) is 3.83. The number of aromatic amines is 2. The number of nitrogens with one attached hydrogen (secondary N) is 3. The molecule has 1 aliphatic rings. The van der Waals surface area contributed by atoms with Crippen molar-refractivity contribution in [2.24, 2.45) is 0 Å². The summed E-state index contributed by atoms with van der Waals surface area (Å²) in [6, 6.07) is 10.5. The van der Waals surface area contributed by atoms with Crippen LogP contribution in [0.3, 0.4) is 0 Å². The van der Waals surface area contributed by atoms with Gasteiger partial charge in [-0.15, -0.1) is 0 Å². The van der Waals surface area contributed by atoms with E-state index in [0.29, 0.717) is 11.8 Å². The maximum atomic E-state index is 5.97. The first-order valence-electron chi connectivity index (χ1n) is 10.3. The van der Waals surface area contributed by atoms with Crippen molar-refractivity contribution in [2.45, 2.75) is 25.4 Å². The molecule has 8 nitrogen and oxygen atoms in total. The predicted octanol–water partition coefficient (Wildman–Crippen LogP) is 3.96. The molecule has 1 saturated carbocycles. The molecule has 0 aromatic carbocycles. The van der Waals surface area contributed by atoms with Crippen molar-refractivity contribution in [2.75, 3.05) is 0 Å². The molecule has 1 aliphatic carbocycles. The highest BCUT2D eigenvalue weighted by Gasteiger charge is 2.30. The number of hydrazine groups is 1. The fourth-order valence-electron chi connectivity index (χ4n) is 3.83. The SMILES string of the molecule is c1cncc(CN(NOc2c[nH]c3cc(-c4ccnc5[nH]ccc45)ncc23)C2CC2)c1. The van der Waals surface area contributed by atoms with Gasteiger partial charge in [0.15, 0.2) is 5.75 Å². The van der Waals surface area contributed by atoms with Crippen molar-refractivity contribution < 1.29 is 4.84 Å². The Morgan fingerprint density at radius 1 is 1.06 bits per heavy atom. The van der Waals surface area contributed by atoms with Crippen LogP contribution in [0.5, 0.6) is 5.75 Å². The zero-order valence-corrected chi connectivity index (χ0v) is 16.7. The molecule has 31 heavy (non-hydrogen) atoms. The molecule has 154 valence electrons. The van der Waals surface area contributed by atoms with Gasteiger partial charge in [0, 0.05) is 60.7 Å². The second kappa shape index (κ2) is 7.50. The molecule has 1 fully saturated rings. The van der Waals surface area contributed by atoms with Crippen LogP contribution >= 0.6 is 0 Å². The molecule has 5 aromatic heterocycles. The highest BCUT2D eigenvalue weighted by Crippen LogP contribution is 2.31. The number of rotatable bonds is 7. The van der Waals surface area contributed by atoms with Gasteiger partial charge >= 0.3 is 0 Å². The van der Waals surface area contributed by atoms with Gasteiger partial charge in [0.05, 0.1) is 16.6 Å². The molecule has 0 aliphatic heterocycles. The Hall–Kier alpha value is -3.75. The highest BCUT2D eigenvalue weighted by atomic mass is 16.7. The van der Waals surface area contributed by atoms with E-state index in [-0.39, 0.29) is 0 Å². The second-order valence-electron chi connectivity index (χ2n) is 7.78. The third kappa shape index (κ3) is 3.52. The van der Waals surface area contributed by atoms with E-state index in [1.54, 1.807) is 12.4 Å². The molecule has 0 atom stereocenters. The van der Waals surface area contributed by atoms with E-state index in [9.17, 15) is 0 Å². The number of aromatic nitrogens is 5. The van der Waals surface area contributed by atoms with Gasteiger partial charge in [-0.2, -0.15) is 0 Å². The number of hydrogen-bond donors (Lipinski definition) is 3. The number of nitrogens with zero attached hydrogens (tertiary/aromatic N) is 4. The van der Waals surface area contributed by atoms with Crippen molar-refractivity contribution >= 4 is 21.9 Å². The Kier molecular flexibility index (Phi) is 4.37. The van der Waals surface area contributed by atoms with Crippen LogP contribution in [0.25, 0.3) is 33.2 Å². The lowest BCUT2D eigenvalue weighted by atomic mass is 10.1. The Labute approximate surface area is 178 Å². The summed E-state index contributed by atoms with van der Waals surface area (Å²) in [5.41, 5.74) is 8.03. The van der Waals surface area contributed by atoms with Crippen molar-refractivity contribution in [3.63, 3.8) is 0 Å². The van der Waals surface area contributed by atoms with Gasteiger partial charge in [0.1, 0.15) is 5.65 Å². The quantitative estimate of drug-likeness (QED) is 0.351. The average molecular weight is 411 g/mol. The van der Waals surface area contributed by atoms with Gasteiger partial charge in [-0.1, -0.05) is 11.7 Å². The summed E-state index contributed by atoms with van der Waals surface area (Å²) in [5.74, 6) is 0.715. The molecule has 8 heteroatoms. The van der Waals surface area contributed by atoms with E-state index in [1.165, 1.54) is 0 Å². The van der Waals surface area contributed by atoms with Crippen molar-refractivity contribution in [3.8, 4) is 17.0 Å². The molecule has 0 saturated heterocycles. The largest absolute Gasteiger partial charge is 0.391 e. The number of pyridine rings is 3. The molecule has 0 spiro atoms. The van der Waals surface area contributed by atoms with Crippen LogP contribution in [0.4, 0.5) is 0 Å². The minimum Gasteiger partial charge on any atom is -0.391 e. The first kappa shape index (κ1) is 18.1. The summed E-state index contributed by atoms with van der Waals surface area (Å²) >= 11 is 0.